The van der Waals surface area contributed by atoms with Crippen LogP contribution >= 0.6 is 0 Å². The molecule has 0 amide bonds. The molecule has 0 unspecified atom stereocenters. The van der Waals surface area contributed by atoms with Crippen molar-refractivity contribution in [3.05, 3.63) is 69.3 Å². The standard InChI is InChI=1S/C24H24F4N2O3/c1-3-12-5-6-15-19(21(12)32)13(4-2)11-23(33,24(26,27)28)22(15)29-17-9-8-16(25)20-14(17)7-10-18(31)30-20/h5-10,13,22,29,32-33H,3-4,11H2,1-2H3,(H,30,31)/t13-,22-,23-/m0/s1. The molecule has 0 saturated carbocycles. The van der Waals surface area contributed by atoms with Crippen LogP contribution in [0, 0.1) is 5.82 Å². The van der Waals surface area contributed by atoms with E-state index in [0.29, 0.717) is 24.0 Å². The maximum absolute atomic E-state index is 14.3. The van der Waals surface area contributed by atoms with E-state index in [0.717, 1.165) is 12.1 Å². The van der Waals surface area contributed by atoms with Gasteiger partial charge in [-0.15, -0.1) is 0 Å². The number of hydrogen-bond donors (Lipinski definition) is 4. The summed E-state index contributed by atoms with van der Waals surface area (Å²) in [5.74, 6) is -1.51. The molecule has 1 heterocycles. The highest BCUT2D eigenvalue weighted by Crippen LogP contribution is 2.55. The minimum atomic E-state index is -4.99. The van der Waals surface area contributed by atoms with Crippen LogP contribution < -0.4 is 10.9 Å². The molecule has 0 saturated heterocycles. The fraction of sp³-hybridized carbons (Fsp3) is 0.375. The highest BCUT2D eigenvalue weighted by molar-refractivity contribution is 5.91. The number of aromatic amines is 1. The van der Waals surface area contributed by atoms with Gasteiger partial charge in [0.2, 0.25) is 5.56 Å². The number of hydrogen-bond acceptors (Lipinski definition) is 4. The summed E-state index contributed by atoms with van der Waals surface area (Å²) in [5.41, 5.74) is -2.65. The second-order valence-corrected chi connectivity index (χ2v) is 8.44. The van der Waals surface area contributed by atoms with Crippen molar-refractivity contribution >= 4 is 16.6 Å². The number of halogens is 4. The monoisotopic (exact) mass is 464 g/mol. The van der Waals surface area contributed by atoms with Gasteiger partial charge in [-0.1, -0.05) is 26.0 Å². The average Bonchev–Trinajstić information content (AvgIpc) is 2.76. The van der Waals surface area contributed by atoms with E-state index >= 15 is 0 Å². The number of aromatic nitrogens is 1. The van der Waals surface area contributed by atoms with Gasteiger partial charge in [-0.05, 0) is 54.5 Å². The molecule has 1 aliphatic rings. The molecule has 9 heteroatoms. The number of fused-ring (bicyclic) bond motifs is 2. The van der Waals surface area contributed by atoms with Gasteiger partial charge in [0.15, 0.2) is 5.60 Å². The molecule has 1 aromatic heterocycles. The van der Waals surface area contributed by atoms with Gasteiger partial charge in [0, 0.05) is 22.7 Å². The summed E-state index contributed by atoms with van der Waals surface area (Å²) in [6, 6.07) is 6.12. The first-order chi connectivity index (χ1) is 15.5. The van der Waals surface area contributed by atoms with E-state index in [-0.39, 0.29) is 27.9 Å². The van der Waals surface area contributed by atoms with E-state index in [2.05, 4.69) is 10.3 Å². The maximum Gasteiger partial charge on any atom is 0.419 e. The van der Waals surface area contributed by atoms with E-state index < -0.39 is 41.5 Å². The molecule has 33 heavy (non-hydrogen) atoms. The lowest BCUT2D eigenvalue weighted by molar-refractivity contribution is -0.272. The van der Waals surface area contributed by atoms with Crippen LogP contribution in [0.3, 0.4) is 0 Å². The molecular weight excluding hydrogens is 440 g/mol. The third-order valence-corrected chi connectivity index (χ3v) is 6.60. The van der Waals surface area contributed by atoms with Crippen LogP contribution in [-0.2, 0) is 6.42 Å². The summed E-state index contributed by atoms with van der Waals surface area (Å²) in [4.78, 5) is 14.0. The van der Waals surface area contributed by atoms with E-state index in [4.69, 9.17) is 0 Å². The molecule has 0 aliphatic heterocycles. The summed E-state index contributed by atoms with van der Waals surface area (Å²) in [6.45, 7) is 3.54. The van der Waals surface area contributed by atoms with Crippen LogP contribution in [0.25, 0.3) is 10.9 Å². The van der Waals surface area contributed by atoms with E-state index in [9.17, 15) is 32.6 Å². The third-order valence-electron chi connectivity index (χ3n) is 6.60. The number of aryl methyl sites for hydroxylation is 1. The van der Waals surface area contributed by atoms with Gasteiger partial charge < -0.3 is 20.5 Å². The first kappa shape index (κ1) is 23.1. The lowest BCUT2D eigenvalue weighted by Gasteiger charge is -2.46. The average molecular weight is 464 g/mol. The Bertz CT molecular complexity index is 1270. The van der Waals surface area contributed by atoms with Gasteiger partial charge in [0.05, 0.1) is 11.6 Å². The molecule has 3 atom stereocenters. The van der Waals surface area contributed by atoms with Crippen molar-refractivity contribution in [2.24, 2.45) is 0 Å². The SMILES string of the molecule is CCc1ccc2c(c1O)[C@@H](CC)C[C@@](O)(C(F)(F)F)[C@H]2Nc1ccc(F)c2[nH]c(=O)ccc12. The van der Waals surface area contributed by atoms with Gasteiger partial charge in [-0.3, -0.25) is 4.79 Å². The summed E-state index contributed by atoms with van der Waals surface area (Å²) in [5, 5.41) is 24.8. The van der Waals surface area contributed by atoms with Crippen molar-refractivity contribution in [1.29, 1.82) is 0 Å². The van der Waals surface area contributed by atoms with E-state index in [1.807, 2.05) is 6.92 Å². The Hall–Kier alpha value is -3.07. The highest BCUT2D eigenvalue weighted by atomic mass is 19.4. The first-order valence-electron chi connectivity index (χ1n) is 10.7. The lowest BCUT2D eigenvalue weighted by atomic mass is 9.68. The van der Waals surface area contributed by atoms with Crippen molar-refractivity contribution in [2.75, 3.05) is 5.32 Å². The Morgan fingerprint density at radius 2 is 1.88 bits per heavy atom. The Balaban J connectivity index is 1.95. The first-order valence-corrected chi connectivity index (χ1v) is 10.7. The van der Waals surface area contributed by atoms with Crippen LogP contribution in [0.15, 0.2) is 41.2 Å². The number of phenolic OH excluding ortho intramolecular Hbond substituents is 1. The number of aromatic hydroxyl groups is 1. The van der Waals surface area contributed by atoms with Crippen molar-refractivity contribution in [2.45, 2.75) is 56.8 Å². The topological polar surface area (TPSA) is 85.3 Å². The predicted octanol–water partition coefficient (Wildman–Crippen LogP) is 5.28. The molecule has 5 nitrogen and oxygen atoms in total. The zero-order valence-corrected chi connectivity index (χ0v) is 18.1. The van der Waals surface area contributed by atoms with Crippen LogP contribution in [0.1, 0.15) is 55.3 Å². The largest absolute Gasteiger partial charge is 0.507 e. The van der Waals surface area contributed by atoms with Gasteiger partial charge in [-0.2, -0.15) is 13.2 Å². The quantitative estimate of drug-likeness (QED) is 0.396. The Labute approximate surface area is 187 Å². The molecule has 4 N–H and O–H groups in total. The van der Waals surface area contributed by atoms with Gasteiger partial charge >= 0.3 is 6.18 Å². The maximum atomic E-state index is 14.3. The summed E-state index contributed by atoms with van der Waals surface area (Å²) >= 11 is 0. The smallest absolute Gasteiger partial charge is 0.419 e. The molecule has 0 spiro atoms. The van der Waals surface area contributed by atoms with Crippen LogP contribution in [0.5, 0.6) is 5.75 Å². The molecule has 1 aliphatic carbocycles. The Kier molecular flexibility index (Phi) is 5.64. The molecule has 0 bridgehead atoms. The summed E-state index contributed by atoms with van der Waals surface area (Å²) in [6.07, 6.45) is -4.85. The second-order valence-electron chi connectivity index (χ2n) is 8.44. The van der Waals surface area contributed by atoms with Crippen LogP contribution in [0.2, 0.25) is 0 Å². The number of anilines is 1. The molecule has 4 rings (SSSR count). The second kappa shape index (κ2) is 8.06. The van der Waals surface area contributed by atoms with Crippen molar-refractivity contribution in [3.63, 3.8) is 0 Å². The fourth-order valence-electron chi connectivity index (χ4n) is 4.81. The number of rotatable bonds is 4. The van der Waals surface area contributed by atoms with Gasteiger partial charge in [0.1, 0.15) is 11.6 Å². The van der Waals surface area contributed by atoms with Crippen molar-refractivity contribution in [1.82, 2.24) is 4.98 Å². The van der Waals surface area contributed by atoms with Crippen molar-refractivity contribution in [3.8, 4) is 5.75 Å². The van der Waals surface area contributed by atoms with Crippen molar-refractivity contribution < 1.29 is 27.8 Å². The number of alkyl halides is 3. The summed E-state index contributed by atoms with van der Waals surface area (Å²) in [7, 11) is 0. The number of H-pyrrole nitrogens is 1. The zero-order chi connectivity index (χ0) is 24.1. The Morgan fingerprint density at radius 3 is 2.52 bits per heavy atom. The number of pyridine rings is 1. The number of aliphatic hydroxyl groups is 1. The molecule has 2 aromatic carbocycles. The van der Waals surface area contributed by atoms with E-state index in [1.54, 1.807) is 13.0 Å². The summed E-state index contributed by atoms with van der Waals surface area (Å²) < 4.78 is 57.2. The zero-order valence-electron chi connectivity index (χ0n) is 18.1. The lowest BCUT2D eigenvalue weighted by Crippen LogP contribution is -2.55. The molecule has 3 aromatic rings. The van der Waals surface area contributed by atoms with Gasteiger partial charge in [0.25, 0.3) is 0 Å². The predicted molar refractivity (Wildman–Crippen MR) is 117 cm³/mol. The molecule has 0 radical (unpaired) electrons. The molecule has 176 valence electrons. The third kappa shape index (κ3) is 3.64. The van der Waals surface area contributed by atoms with Crippen LogP contribution in [-0.4, -0.2) is 27.0 Å². The minimum Gasteiger partial charge on any atom is -0.507 e. The highest BCUT2D eigenvalue weighted by Gasteiger charge is 2.62. The molecular formula is C24H24F4N2O3. The number of nitrogens with one attached hydrogen (secondary N) is 2. The van der Waals surface area contributed by atoms with Gasteiger partial charge in [-0.25, -0.2) is 4.39 Å². The number of phenols is 1. The molecule has 0 fully saturated rings. The Morgan fingerprint density at radius 1 is 1.15 bits per heavy atom. The van der Waals surface area contributed by atoms with Crippen LogP contribution in [0.4, 0.5) is 23.2 Å². The van der Waals surface area contributed by atoms with E-state index in [1.165, 1.54) is 18.2 Å². The normalized spacial score (nSPS) is 22.9. The minimum absolute atomic E-state index is 0.0637. The fourth-order valence-corrected chi connectivity index (χ4v) is 4.81. The number of benzene rings is 2.